The van der Waals surface area contributed by atoms with Crippen LogP contribution in [0.3, 0.4) is 0 Å². The maximum atomic E-state index is 10.5. The molecule has 1 saturated heterocycles. The summed E-state index contributed by atoms with van der Waals surface area (Å²) in [6.45, 7) is 0.0216. The van der Waals surface area contributed by atoms with Crippen LogP contribution in [0.2, 0.25) is 0 Å². The Bertz CT molecular complexity index is 900. The van der Waals surface area contributed by atoms with E-state index in [1.807, 2.05) is 0 Å². The zero-order valence-electron chi connectivity index (χ0n) is 15.3. The molecule has 6 N–H and O–H groups in total. The number of phenols is 3. The van der Waals surface area contributed by atoms with E-state index in [-0.39, 0.29) is 48.2 Å². The van der Waals surface area contributed by atoms with E-state index in [0.29, 0.717) is 11.1 Å². The number of hydrogen-bond donors (Lipinski definition) is 6. The maximum absolute atomic E-state index is 10.5. The first-order chi connectivity index (χ1) is 13.8. The average Bonchev–Trinajstić information content (AvgIpc) is 2.66. The number of fused-ring (bicyclic) bond motifs is 1. The molecule has 2 heterocycles. The number of phenolic OH excluding ortho intramolecular Hbond substituents is 3. The highest BCUT2D eigenvalue weighted by atomic mass is 16.7. The summed E-state index contributed by atoms with van der Waals surface area (Å²) in [6.07, 6.45) is -4.43. The van der Waals surface area contributed by atoms with Crippen molar-refractivity contribution < 1.29 is 44.8 Å². The van der Waals surface area contributed by atoms with Gasteiger partial charge in [-0.25, -0.2) is 0 Å². The van der Waals surface area contributed by atoms with Crippen molar-refractivity contribution in [3.8, 4) is 28.7 Å². The van der Waals surface area contributed by atoms with E-state index in [0.717, 1.165) is 0 Å². The molecule has 2 aromatic carbocycles. The van der Waals surface area contributed by atoms with Gasteiger partial charge in [-0.2, -0.15) is 0 Å². The van der Waals surface area contributed by atoms with Crippen LogP contribution in [0.25, 0.3) is 0 Å². The Morgan fingerprint density at radius 3 is 2.41 bits per heavy atom. The first-order valence-corrected chi connectivity index (χ1v) is 9.18. The standard InChI is InChI=1S/C20H22O9/c21-10-4-17(26)20(27-8-10)28-11-5-14(23)12-7-16(25)19(29-18(12)6-11)9-1-2-13(22)15(24)3-9/h1-3,5-6,10,16-17,19-26H,4,7-8H2/t10-,16+,17+,19+,20?/m0/s1. The fraction of sp³-hybridized carbons (Fsp3) is 0.400. The van der Waals surface area contributed by atoms with Crippen LogP contribution in [0.5, 0.6) is 28.7 Å². The number of benzene rings is 2. The largest absolute Gasteiger partial charge is 0.507 e. The third-order valence-electron chi connectivity index (χ3n) is 5.04. The minimum Gasteiger partial charge on any atom is -0.507 e. The normalized spacial score (nSPS) is 29.0. The minimum atomic E-state index is -1.03. The van der Waals surface area contributed by atoms with Crippen molar-refractivity contribution in [2.45, 2.75) is 43.5 Å². The lowest BCUT2D eigenvalue weighted by Crippen LogP contribution is -2.44. The molecule has 0 aromatic heterocycles. The summed E-state index contributed by atoms with van der Waals surface area (Å²) in [5, 5.41) is 59.5. The molecule has 2 aromatic rings. The molecule has 29 heavy (non-hydrogen) atoms. The molecule has 1 fully saturated rings. The summed E-state index contributed by atoms with van der Waals surface area (Å²) in [5.74, 6) is -0.314. The van der Waals surface area contributed by atoms with Crippen molar-refractivity contribution in [1.29, 1.82) is 0 Å². The molecule has 9 nitrogen and oxygen atoms in total. The molecule has 9 heteroatoms. The highest BCUT2D eigenvalue weighted by Crippen LogP contribution is 2.43. The third-order valence-corrected chi connectivity index (χ3v) is 5.04. The molecule has 0 spiro atoms. The Hall–Kier alpha value is -2.72. The van der Waals surface area contributed by atoms with Gasteiger partial charge < -0.3 is 44.8 Å². The molecule has 4 rings (SSSR count). The molecule has 0 saturated carbocycles. The number of aliphatic hydroxyl groups excluding tert-OH is 3. The second-order valence-electron chi connectivity index (χ2n) is 7.25. The molecule has 2 aliphatic rings. The first-order valence-electron chi connectivity index (χ1n) is 9.18. The van der Waals surface area contributed by atoms with Gasteiger partial charge in [0, 0.05) is 30.5 Å². The van der Waals surface area contributed by atoms with Gasteiger partial charge in [-0.15, -0.1) is 0 Å². The van der Waals surface area contributed by atoms with Crippen LogP contribution in [0.15, 0.2) is 30.3 Å². The van der Waals surface area contributed by atoms with Crippen molar-refractivity contribution in [3.63, 3.8) is 0 Å². The van der Waals surface area contributed by atoms with Crippen LogP contribution in [-0.2, 0) is 11.2 Å². The van der Waals surface area contributed by atoms with E-state index in [4.69, 9.17) is 14.2 Å². The predicted octanol–water partition coefficient (Wildman–Crippen LogP) is 0.687. The predicted molar refractivity (Wildman–Crippen MR) is 98.0 cm³/mol. The Morgan fingerprint density at radius 1 is 0.897 bits per heavy atom. The molecule has 156 valence electrons. The Labute approximate surface area is 166 Å². The molecule has 0 radical (unpaired) electrons. The highest BCUT2D eigenvalue weighted by molar-refractivity contribution is 5.52. The Morgan fingerprint density at radius 2 is 1.69 bits per heavy atom. The number of ether oxygens (including phenoxy) is 3. The summed E-state index contributed by atoms with van der Waals surface area (Å²) < 4.78 is 16.7. The van der Waals surface area contributed by atoms with Crippen LogP contribution < -0.4 is 9.47 Å². The van der Waals surface area contributed by atoms with Crippen LogP contribution in [-0.4, -0.2) is 61.8 Å². The van der Waals surface area contributed by atoms with Crippen LogP contribution in [0, 0.1) is 0 Å². The van der Waals surface area contributed by atoms with Crippen molar-refractivity contribution in [1.82, 2.24) is 0 Å². The van der Waals surface area contributed by atoms with Gasteiger partial charge in [0.25, 0.3) is 0 Å². The van der Waals surface area contributed by atoms with Crippen molar-refractivity contribution >= 4 is 0 Å². The van der Waals surface area contributed by atoms with Crippen LogP contribution in [0.1, 0.15) is 23.7 Å². The molecular formula is C20H22O9. The van der Waals surface area contributed by atoms with Gasteiger partial charge in [0.15, 0.2) is 11.5 Å². The fourth-order valence-corrected chi connectivity index (χ4v) is 3.55. The molecule has 0 aliphatic carbocycles. The lowest BCUT2D eigenvalue weighted by Gasteiger charge is -2.33. The van der Waals surface area contributed by atoms with Gasteiger partial charge in [-0.1, -0.05) is 6.07 Å². The lowest BCUT2D eigenvalue weighted by molar-refractivity contribution is -0.198. The van der Waals surface area contributed by atoms with Crippen molar-refractivity contribution in [2.75, 3.05) is 6.61 Å². The Balaban J connectivity index is 1.58. The van der Waals surface area contributed by atoms with Gasteiger partial charge >= 0.3 is 0 Å². The average molecular weight is 406 g/mol. The number of aliphatic hydroxyl groups is 3. The van der Waals surface area contributed by atoms with Gasteiger partial charge in [0.05, 0.1) is 18.8 Å². The lowest BCUT2D eigenvalue weighted by atomic mass is 9.94. The molecule has 1 unspecified atom stereocenters. The minimum absolute atomic E-state index is 0.0216. The van der Waals surface area contributed by atoms with Gasteiger partial charge in [-0.05, 0) is 17.7 Å². The maximum Gasteiger partial charge on any atom is 0.226 e. The number of hydrogen-bond acceptors (Lipinski definition) is 9. The zero-order valence-corrected chi connectivity index (χ0v) is 15.3. The van der Waals surface area contributed by atoms with E-state index < -0.39 is 30.7 Å². The van der Waals surface area contributed by atoms with Crippen LogP contribution >= 0.6 is 0 Å². The van der Waals surface area contributed by atoms with E-state index in [9.17, 15) is 30.6 Å². The first kappa shape index (κ1) is 19.6. The Kier molecular flexibility index (Phi) is 5.13. The second kappa shape index (κ2) is 7.60. The summed E-state index contributed by atoms with van der Waals surface area (Å²) in [7, 11) is 0. The molecule has 5 atom stereocenters. The fourth-order valence-electron chi connectivity index (χ4n) is 3.55. The van der Waals surface area contributed by atoms with Crippen molar-refractivity contribution in [3.05, 3.63) is 41.5 Å². The van der Waals surface area contributed by atoms with E-state index in [1.54, 1.807) is 0 Å². The number of rotatable bonds is 3. The third kappa shape index (κ3) is 3.90. The summed E-state index contributed by atoms with van der Waals surface area (Å²) in [5.41, 5.74) is 0.842. The summed E-state index contributed by atoms with van der Waals surface area (Å²) in [4.78, 5) is 0. The SMILES string of the molecule is Oc1ccc([C@H]2Oc3cc(OC4OC[C@@H](O)C[C@H]4O)cc(O)c3C[C@H]2O)cc1O. The van der Waals surface area contributed by atoms with Crippen LogP contribution in [0.4, 0.5) is 0 Å². The van der Waals surface area contributed by atoms with Gasteiger partial charge in [0.1, 0.15) is 29.5 Å². The monoisotopic (exact) mass is 406 g/mol. The topological polar surface area (TPSA) is 149 Å². The van der Waals surface area contributed by atoms with E-state index in [1.165, 1.54) is 30.3 Å². The zero-order chi connectivity index (χ0) is 20.7. The van der Waals surface area contributed by atoms with Crippen molar-refractivity contribution in [2.24, 2.45) is 0 Å². The summed E-state index contributed by atoms with van der Waals surface area (Å²) in [6, 6.07) is 6.96. The molecule has 0 amide bonds. The molecule has 0 bridgehead atoms. The number of aromatic hydroxyl groups is 3. The second-order valence-corrected chi connectivity index (χ2v) is 7.25. The smallest absolute Gasteiger partial charge is 0.226 e. The van der Waals surface area contributed by atoms with E-state index in [2.05, 4.69) is 0 Å². The molecular weight excluding hydrogens is 384 g/mol. The van der Waals surface area contributed by atoms with Gasteiger partial charge in [-0.3, -0.25) is 0 Å². The van der Waals surface area contributed by atoms with Gasteiger partial charge in [0.2, 0.25) is 6.29 Å². The highest BCUT2D eigenvalue weighted by Gasteiger charge is 2.34. The summed E-state index contributed by atoms with van der Waals surface area (Å²) >= 11 is 0. The van der Waals surface area contributed by atoms with E-state index >= 15 is 0 Å². The molecule has 2 aliphatic heterocycles. The quantitative estimate of drug-likeness (QED) is 0.405.